The first-order chi connectivity index (χ1) is 25.5. The van der Waals surface area contributed by atoms with Gasteiger partial charge in [-0.3, -0.25) is 0 Å². The first kappa shape index (κ1) is 30.1. The number of benzene rings is 7. The van der Waals surface area contributed by atoms with Crippen molar-refractivity contribution in [3.8, 4) is 56.4 Å². The summed E-state index contributed by atoms with van der Waals surface area (Å²) in [5.41, 5.74) is 16.3. The molecule has 2 heterocycles. The Labute approximate surface area is 302 Å². The van der Waals surface area contributed by atoms with E-state index in [1.165, 1.54) is 33.0 Å². The molecule has 3 heteroatoms. The SMILES string of the molecule is CC1(C)c2ccccc2-c2c1ccc1c2c2ccccc2n1-c1cc(-c2ccccc2C#N)cc(-c2cc(-c3ccccc3)nc3ccccc23)c1. The molecule has 0 bridgehead atoms. The van der Waals surface area contributed by atoms with Crippen LogP contribution in [0.5, 0.6) is 0 Å². The summed E-state index contributed by atoms with van der Waals surface area (Å²) < 4.78 is 2.42. The van der Waals surface area contributed by atoms with Crippen molar-refractivity contribution in [3.63, 3.8) is 0 Å². The van der Waals surface area contributed by atoms with Crippen molar-refractivity contribution in [1.82, 2.24) is 9.55 Å². The van der Waals surface area contributed by atoms with Crippen LogP contribution in [0.1, 0.15) is 30.5 Å². The highest BCUT2D eigenvalue weighted by Crippen LogP contribution is 2.53. The van der Waals surface area contributed by atoms with Gasteiger partial charge < -0.3 is 4.57 Å². The van der Waals surface area contributed by atoms with Crippen molar-refractivity contribution in [2.75, 3.05) is 0 Å². The molecule has 0 saturated carbocycles. The number of fused-ring (bicyclic) bond motifs is 8. The number of hydrogen-bond acceptors (Lipinski definition) is 2. The maximum absolute atomic E-state index is 10.3. The summed E-state index contributed by atoms with van der Waals surface area (Å²) in [5, 5.41) is 13.8. The lowest BCUT2D eigenvalue weighted by atomic mass is 9.82. The third-order valence-electron chi connectivity index (χ3n) is 11.0. The smallest absolute Gasteiger partial charge is 0.0998 e. The van der Waals surface area contributed by atoms with Gasteiger partial charge in [-0.05, 0) is 93.0 Å². The molecule has 0 atom stereocenters. The monoisotopic (exact) mass is 663 g/mol. The van der Waals surface area contributed by atoms with E-state index in [1.54, 1.807) is 0 Å². The summed E-state index contributed by atoms with van der Waals surface area (Å²) in [7, 11) is 0. The van der Waals surface area contributed by atoms with E-state index in [2.05, 4.69) is 164 Å². The van der Waals surface area contributed by atoms with Crippen LogP contribution in [0.2, 0.25) is 0 Å². The highest BCUT2D eigenvalue weighted by atomic mass is 15.0. The molecule has 0 spiro atoms. The second-order valence-electron chi connectivity index (χ2n) is 14.3. The van der Waals surface area contributed by atoms with Crippen LogP contribution in [-0.4, -0.2) is 9.55 Å². The summed E-state index contributed by atoms with van der Waals surface area (Å²) in [5.74, 6) is 0. The molecular formula is C49H33N3. The number of para-hydroxylation sites is 2. The molecule has 52 heavy (non-hydrogen) atoms. The van der Waals surface area contributed by atoms with Gasteiger partial charge in [-0.1, -0.05) is 129 Å². The van der Waals surface area contributed by atoms with Crippen LogP contribution in [-0.2, 0) is 5.41 Å². The lowest BCUT2D eigenvalue weighted by molar-refractivity contribution is 0.661. The van der Waals surface area contributed by atoms with Gasteiger partial charge in [0.15, 0.2) is 0 Å². The maximum atomic E-state index is 10.3. The third kappa shape index (κ3) is 4.41. The normalized spacial score (nSPS) is 12.9. The van der Waals surface area contributed by atoms with Gasteiger partial charge in [0.1, 0.15) is 0 Å². The molecule has 0 N–H and O–H groups in total. The summed E-state index contributed by atoms with van der Waals surface area (Å²) >= 11 is 0. The van der Waals surface area contributed by atoms with Gasteiger partial charge in [-0.2, -0.15) is 5.26 Å². The summed E-state index contributed by atoms with van der Waals surface area (Å²) in [6.45, 7) is 4.68. The van der Waals surface area contributed by atoms with Crippen LogP contribution in [0.15, 0.2) is 164 Å². The molecule has 0 saturated heterocycles. The first-order valence-electron chi connectivity index (χ1n) is 17.8. The Morgan fingerprint density at radius 1 is 0.538 bits per heavy atom. The van der Waals surface area contributed by atoms with E-state index in [0.29, 0.717) is 5.56 Å². The fourth-order valence-corrected chi connectivity index (χ4v) is 8.59. The molecule has 1 aliphatic carbocycles. The maximum Gasteiger partial charge on any atom is 0.0998 e. The average molecular weight is 664 g/mol. The zero-order valence-electron chi connectivity index (χ0n) is 28.9. The van der Waals surface area contributed by atoms with Gasteiger partial charge in [-0.15, -0.1) is 0 Å². The fraction of sp³-hybridized carbons (Fsp3) is 0.0612. The number of pyridine rings is 1. The molecular weight excluding hydrogens is 631 g/mol. The van der Waals surface area contributed by atoms with E-state index >= 15 is 0 Å². The van der Waals surface area contributed by atoms with Crippen molar-refractivity contribution in [3.05, 3.63) is 180 Å². The van der Waals surface area contributed by atoms with Crippen LogP contribution < -0.4 is 0 Å². The Morgan fingerprint density at radius 2 is 1.21 bits per heavy atom. The number of aromatic nitrogens is 2. The van der Waals surface area contributed by atoms with Gasteiger partial charge >= 0.3 is 0 Å². The quantitative estimate of drug-likeness (QED) is 0.188. The molecule has 244 valence electrons. The topological polar surface area (TPSA) is 41.6 Å². The van der Waals surface area contributed by atoms with Crippen LogP contribution in [0.4, 0.5) is 0 Å². The molecule has 10 rings (SSSR count). The van der Waals surface area contributed by atoms with E-state index in [1.807, 2.05) is 24.3 Å². The lowest BCUT2D eigenvalue weighted by Crippen LogP contribution is -2.14. The highest BCUT2D eigenvalue weighted by Gasteiger charge is 2.37. The molecule has 3 nitrogen and oxygen atoms in total. The molecule has 0 radical (unpaired) electrons. The van der Waals surface area contributed by atoms with Gasteiger partial charge in [0.2, 0.25) is 0 Å². The lowest BCUT2D eigenvalue weighted by Gasteiger charge is -2.21. The van der Waals surface area contributed by atoms with Crippen LogP contribution >= 0.6 is 0 Å². The minimum atomic E-state index is -0.101. The predicted molar refractivity (Wildman–Crippen MR) is 215 cm³/mol. The Morgan fingerprint density at radius 3 is 2.04 bits per heavy atom. The Balaban J connectivity index is 1.32. The van der Waals surface area contributed by atoms with Gasteiger partial charge in [0, 0.05) is 32.8 Å². The molecule has 0 aliphatic heterocycles. The molecule has 9 aromatic rings. The van der Waals surface area contributed by atoms with E-state index in [4.69, 9.17) is 4.98 Å². The summed E-state index contributed by atoms with van der Waals surface area (Å²) in [6, 6.07) is 60.4. The van der Waals surface area contributed by atoms with Crippen molar-refractivity contribution >= 4 is 32.7 Å². The highest BCUT2D eigenvalue weighted by molar-refractivity contribution is 6.18. The zero-order chi connectivity index (χ0) is 35.0. The first-order valence-corrected chi connectivity index (χ1v) is 17.8. The van der Waals surface area contributed by atoms with Gasteiger partial charge in [0.25, 0.3) is 0 Å². The largest absolute Gasteiger partial charge is 0.309 e. The number of hydrogen-bond donors (Lipinski definition) is 0. The Bertz CT molecular complexity index is 2940. The molecule has 1 aliphatic rings. The van der Waals surface area contributed by atoms with Crippen LogP contribution in [0, 0.1) is 11.3 Å². The Hall–Kier alpha value is -6.76. The van der Waals surface area contributed by atoms with Gasteiger partial charge in [-0.25, -0.2) is 4.98 Å². The average Bonchev–Trinajstić information content (AvgIpc) is 3.66. The standard InChI is InChI=1S/C49H33N3/c1-49(2)41-21-11-8-19-38(41)47-42(49)24-25-46-48(47)39-20-10-13-23-45(39)52(46)35-27-33(36-17-7-6-16-32(36)30-50)26-34(28-35)40-29-44(31-14-4-3-5-15-31)51-43-22-12-9-18-37(40)43/h3-29H,1-2H3. The second kappa shape index (κ2) is 11.4. The molecule has 0 fully saturated rings. The van der Waals surface area contributed by atoms with Crippen LogP contribution in [0.3, 0.4) is 0 Å². The van der Waals surface area contributed by atoms with Crippen LogP contribution in [0.25, 0.3) is 83.0 Å². The van der Waals surface area contributed by atoms with Crippen molar-refractivity contribution in [2.45, 2.75) is 19.3 Å². The Kier molecular flexibility index (Phi) is 6.59. The third-order valence-corrected chi connectivity index (χ3v) is 11.0. The fourth-order valence-electron chi connectivity index (χ4n) is 8.59. The number of nitrogens with zero attached hydrogens (tertiary/aromatic N) is 3. The van der Waals surface area contributed by atoms with Crippen molar-refractivity contribution in [2.24, 2.45) is 0 Å². The molecule has 7 aromatic carbocycles. The van der Waals surface area contributed by atoms with Crippen molar-refractivity contribution < 1.29 is 0 Å². The zero-order valence-corrected chi connectivity index (χ0v) is 28.9. The molecule has 2 aromatic heterocycles. The molecule has 0 amide bonds. The van der Waals surface area contributed by atoms with E-state index in [0.717, 1.165) is 61.1 Å². The molecule has 0 unspecified atom stereocenters. The van der Waals surface area contributed by atoms with E-state index in [-0.39, 0.29) is 5.41 Å². The van der Waals surface area contributed by atoms with E-state index < -0.39 is 0 Å². The number of rotatable bonds is 4. The minimum absolute atomic E-state index is 0.101. The van der Waals surface area contributed by atoms with Gasteiger partial charge in [0.05, 0.1) is 33.9 Å². The van der Waals surface area contributed by atoms with Crippen molar-refractivity contribution in [1.29, 1.82) is 5.26 Å². The minimum Gasteiger partial charge on any atom is -0.309 e. The number of nitriles is 1. The predicted octanol–water partition coefficient (Wildman–Crippen LogP) is 12.5. The second-order valence-corrected chi connectivity index (χ2v) is 14.3. The van der Waals surface area contributed by atoms with E-state index in [9.17, 15) is 5.26 Å². The summed E-state index contributed by atoms with van der Waals surface area (Å²) in [6.07, 6.45) is 0. The summed E-state index contributed by atoms with van der Waals surface area (Å²) in [4.78, 5) is 5.11.